The van der Waals surface area contributed by atoms with Gasteiger partial charge in [0.15, 0.2) is 0 Å². The van der Waals surface area contributed by atoms with E-state index in [1.807, 2.05) is 55.5 Å². The van der Waals surface area contributed by atoms with Gasteiger partial charge in [0.1, 0.15) is 11.3 Å². The first kappa shape index (κ1) is 19.0. The maximum absolute atomic E-state index is 12.4. The molecule has 5 heteroatoms. The fourth-order valence-electron chi connectivity index (χ4n) is 2.27. The van der Waals surface area contributed by atoms with E-state index in [1.54, 1.807) is 14.0 Å². The molecule has 1 atom stereocenters. The number of benzene rings is 2. The Morgan fingerprint density at radius 3 is 2.48 bits per heavy atom. The maximum atomic E-state index is 12.4. The van der Waals surface area contributed by atoms with Crippen LogP contribution in [0.1, 0.15) is 23.6 Å². The Kier molecular flexibility index (Phi) is 6.61. The molecule has 0 spiro atoms. The van der Waals surface area contributed by atoms with Gasteiger partial charge in [-0.15, -0.1) is 12.4 Å². The summed E-state index contributed by atoms with van der Waals surface area (Å²) >= 11 is 0. The van der Waals surface area contributed by atoms with E-state index in [0.717, 1.165) is 22.4 Å². The molecular weight excluding hydrogens is 312 g/mol. The van der Waals surface area contributed by atoms with E-state index >= 15 is 0 Å². The molecule has 0 radical (unpaired) electrons. The molecule has 3 N–H and O–H groups in total. The molecule has 2 aromatic carbocycles. The maximum Gasteiger partial charge on any atom is 0.244 e. The highest BCUT2D eigenvalue weighted by Gasteiger charge is 2.30. The summed E-state index contributed by atoms with van der Waals surface area (Å²) in [5.74, 6) is 0.542. The minimum Gasteiger partial charge on any atom is -0.496 e. The molecular formula is C18H23ClN2O2. The molecule has 2 aromatic rings. The molecule has 0 aromatic heterocycles. The van der Waals surface area contributed by atoms with Gasteiger partial charge in [-0.25, -0.2) is 0 Å². The summed E-state index contributed by atoms with van der Waals surface area (Å²) in [5, 5.41) is 2.89. The van der Waals surface area contributed by atoms with Crippen LogP contribution < -0.4 is 15.8 Å². The monoisotopic (exact) mass is 334 g/mol. The van der Waals surface area contributed by atoms with E-state index in [2.05, 4.69) is 5.32 Å². The number of nitrogens with two attached hydrogens (primary N) is 1. The zero-order valence-electron chi connectivity index (χ0n) is 13.6. The highest BCUT2D eigenvalue weighted by atomic mass is 35.5. The van der Waals surface area contributed by atoms with Crippen molar-refractivity contribution in [1.82, 2.24) is 5.32 Å². The average Bonchev–Trinajstić information content (AvgIpc) is 2.54. The molecule has 0 heterocycles. The molecule has 1 amide bonds. The summed E-state index contributed by atoms with van der Waals surface area (Å²) in [4.78, 5) is 12.4. The van der Waals surface area contributed by atoms with Gasteiger partial charge >= 0.3 is 0 Å². The van der Waals surface area contributed by atoms with Gasteiger partial charge in [0.05, 0.1) is 7.11 Å². The van der Waals surface area contributed by atoms with Crippen molar-refractivity contribution >= 4 is 18.3 Å². The molecule has 23 heavy (non-hydrogen) atoms. The molecule has 0 fully saturated rings. The fourth-order valence-corrected chi connectivity index (χ4v) is 2.27. The zero-order valence-corrected chi connectivity index (χ0v) is 14.4. The second kappa shape index (κ2) is 7.99. The summed E-state index contributed by atoms with van der Waals surface area (Å²) in [5.41, 5.74) is 7.94. The van der Waals surface area contributed by atoms with Crippen LogP contribution in [0.4, 0.5) is 0 Å². The van der Waals surface area contributed by atoms with E-state index in [-0.39, 0.29) is 18.3 Å². The topological polar surface area (TPSA) is 64.3 Å². The van der Waals surface area contributed by atoms with E-state index in [4.69, 9.17) is 10.5 Å². The molecule has 0 bridgehead atoms. The number of methoxy groups -OCH3 is 1. The quantitative estimate of drug-likeness (QED) is 0.883. The third-order valence-electron chi connectivity index (χ3n) is 3.73. The molecule has 0 aliphatic carbocycles. The van der Waals surface area contributed by atoms with Crippen LogP contribution in [0, 0.1) is 6.92 Å². The first-order valence-corrected chi connectivity index (χ1v) is 7.21. The molecule has 0 aliphatic rings. The summed E-state index contributed by atoms with van der Waals surface area (Å²) in [6.07, 6.45) is 0. The summed E-state index contributed by atoms with van der Waals surface area (Å²) in [6.45, 7) is 4.09. The molecule has 0 saturated heterocycles. The Hall–Kier alpha value is -2.04. The smallest absolute Gasteiger partial charge is 0.244 e. The van der Waals surface area contributed by atoms with Crippen molar-refractivity contribution < 1.29 is 9.53 Å². The predicted octanol–water partition coefficient (Wildman–Crippen LogP) is 2.92. The normalized spacial score (nSPS) is 12.7. The van der Waals surface area contributed by atoms with Crippen molar-refractivity contribution in [2.24, 2.45) is 5.73 Å². The van der Waals surface area contributed by atoms with Gasteiger partial charge in [0.25, 0.3) is 0 Å². The second-order valence-electron chi connectivity index (χ2n) is 5.57. The van der Waals surface area contributed by atoms with Crippen LogP contribution in [-0.4, -0.2) is 13.0 Å². The Balaban J connectivity index is 0.00000264. The van der Waals surface area contributed by atoms with Crippen molar-refractivity contribution in [3.05, 3.63) is 65.2 Å². The number of carbonyl (C=O) groups excluding carboxylic acids is 1. The van der Waals surface area contributed by atoms with Crippen molar-refractivity contribution in [3.8, 4) is 5.75 Å². The number of halogens is 1. The van der Waals surface area contributed by atoms with E-state index < -0.39 is 5.54 Å². The number of hydrogen-bond acceptors (Lipinski definition) is 3. The van der Waals surface area contributed by atoms with Gasteiger partial charge < -0.3 is 15.8 Å². The van der Waals surface area contributed by atoms with E-state index in [0.29, 0.717) is 6.54 Å². The van der Waals surface area contributed by atoms with Gasteiger partial charge in [-0.3, -0.25) is 4.79 Å². The number of rotatable bonds is 5. The Morgan fingerprint density at radius 1 is 1.22 bits per heavy atom. The Bertz CT molecular complexity index is 657. The number of ether oxygens (including phenoxy) is 1. The molecule has 2 rings (SSSR count). The number of carbonyl (C=O) groups is 1. The Morgan fingerprint density at radius 2 is 1.87 bits per heavy atom. The number of amides is 1. The lowest BCUT2D eigenvalue weighted by atomic mass is 9.92. The molecule has 0 saturated carbocycles. The fraction of sp³-hybridized carbons (Fsp3) is 0.278. The largest absolute Gasteiger partial charge is 0.496 e. The van der Waals surface area contributed by atoms with Crippen molar-refractivity contribution in [2.45, 2.75) is 25.9 Å². The van der Waals surface area contributed by atoms with Gasteiger partial charge in [-0.05, 0) is 31.0 Å². The average molecular weight is 335 g/mol. The molecule has 4 nitrogen and oxygen atoms in total. The summed E-state index contributed by atoms with van der Waals surface area (Å²) in [7, 11) is 1.62. The van der Waals surface area contributed by atoms with Crippen molar-refractivity contribution in [1.29, 1.82) is 0 Å². The highest BCUT2D eigenvalue weighted by molar-refractivity contribution is 5.87. The number of hydrogen-bond donors (Lipinski definition) is 2. The van der Waals surface area contributed by atoms with E-state index in [1.165, 1.54) is 0 Å². The van der Waals surface area contributed by atoms with Gasteiger partial charge in [-0.1, -0.05) is 42.5 Å². The van der Waals surface area contributed by atoms with Gasteiger partial charge in [-0.2, -0.15) is 0 Å². The molecule has 1 unspecified atom stereocenters. The van der Waals surface area contributed by atoms with Crippen LogP contribution in [0.2, 0.25) is 0 Å². The minimum atomic E-state index is -1.07. The van der Waals surface area contributed by atoms with Crippen molar-refractivity contribution in [2.75, 3.05) is 7.11 Å². The summed E-state index contributed by atoms with van der Waals surface area (Å²) in [6, 6.07) is 15.2. The lowest BCUT2D eigenvalue weighted by Crippen LogP contribution is -2.48. The lowest BCUT2D eigenvalue weighted by molar-refractivity contribution is -0.126. The molecule has 124 valence electrons. The highest BCUT2D eigenvalue weighted by Crippen LogP contribution is 2.21. The first-order valence-electron chi connectivity index (χ1n) is 7.21. The predicted molar refractivity (Wildman–Crippen MR) is 94.8 cm³/mol. The zero-order chi connectivity index (χ0) is 16.2. The molecule has 0 aliphatic heterocycles. The number of nitrogens with one attached hydrogen (secondary N) is 1. The van der Waals surface area contributed by atoms with Crippen LogP contribution in [-0.2, 0) is 16.9 Å². The third kappa shape index (κ3) is 4.47. The number of aryl methyl sites for hydroxylation is 1. The first-order chi connectivity index (χ1) is 10.4. The standard InChI is InChI=1S/C18H22N2O2.ClH/c1-13-9-10-14(16(11-13)22-3)12-20-17(21)18(2,19)15-7-5-4-6-8-15;/h4-11H,12,19H2,1-3H3,(H,20,21);1H. The Labute approximate surface area is 143 Å². The summed E-state index contributed by atoms with van der Waals surface area (Å²) < 4.78 is 5.35. The van der Waals surface area contributed by atoms with E-state index in [9.17, 15) is 4.79 Å². The minimum absolute atomic E-state index is 0. The van der Waals surface area contributed by atoms with Crippen LogP contribution in [0.15, 0.2) is 48.5 Å². The second-order valence-corrected chi connectivity index (χ2v) is 5.57. The van der Waals surface area contributed by atoms with Crippen LogP contribution in [0.5, 0.6) is 5.75 Å². The lowest BCUT2D eigenvalue weighted by Gasteiger charge is -2.24. The van der Waals surface area contributed by atoms with Crippen LogP contribution in [0.25, 0.3) is 0 Å². The van der Waals surface area contributed by atoms with Gasteiger partial charge in [0, 0.05) is 12.1 Å². The van der Waals surface area contributed by atoms with Crippen molar-refractivity contribution in [3.63, 3.8) is 0 Å². The van der Waals surface area contributed by atoms with Gasteiger partial charge in [0.2, 0.25) is 5.91 Å². The van der Waals surface area contributed by atoms with Crippen LogP contribution >= 0.6 is 12.4 Å². The van der Waals surface area contributed by atoms with Crippen LogP contribution in [0.3, 0.4) is 0 Å². The SMILES string of the molecule is COc1cc(C)ccc1CNC(=O)C(C)(N)c1ccccc1.Cl. The third-order valence-corrected chi connectivity index (χ3v) is 3.73.